The second-order valence-corrected chi connectivity index (χ2v) is 7.45. The minimum atomic E-state index is -4.13. The van der Waals surface area contributed by atoms with Crippen molar-refractivity contribution in [1.82, 2.24) is 0 Å². The lowest BCUT2D eigenvalue weighted by atomic mass is 10.4. The normalized spacial score (nSPS) is 18.0. The van der Waals surface area contributed by atoms with Gasteiger partial charge in [0.05, 0.1) is 28.8 Å². The van der Waals surface area contributed by atoms with Crippen LogP contribution in [0.5, 0.6) is 0 Å². The molecule has 3 atom stereocenters. The highest BCUT2D eigenvalue weighted by Gasteiger charge is 2.22. The Morgan fingerprint density at radius 1 is 1.41 bits per heavy atom. The molecule has 0 aliphatic heterocycles. The fraction of sp³-hybridized carbons (Fsp3) is 0.750. The number of phosphoric ester groups is 1. The third-order valence-electron chi connectivity index (χ3n) is 1.37. The molecule has 0 aromatic rings. The molecule has 3 unspecified atom stereocenters. The van der Waals surface area contributed by atoms with Crippen molar-refractivity contribution >= 4 is 39.7 Å². The van der Waals surface area contributed by atoms with Gasteiger partial charge < -0.3 is 14.4 Å². The highest BCUT2D eigenvalue weighted by Crippen LogP contribution is 2.44. The van der Waals surface area contributed by atoms with Gasteiger partial charge in [0.15, 0.2) is 0 Å². The van der Waals surface area contributed by atoms with Gasteiger partial charge in [-0.1, -0.05) is 0 Å². The topological polar surface area (TPSA) is 85.2 Å². The zero-order chi connectivity index (χ0) is 13.5. The maximum Gasteiger partial charge on any atom is 0.526 e. The van der Waals surface area contributed by atoms with E-state index >= 15 is 0 Å². The molecule has 0 radical (unpaired) electrons. The van der Waals surface area contributed by atoms with Gasteiger partial charge in [-0.05, 0) is 45.7 Å². The van der Waals surface area contributed by atoms with E-state index in [1.165, 1.54) is 0 Å². The molecule has 2 N–H and O–H groups in total. The molecule has 0 rings (SSSR count). The first-order valence-electron chi connectivity index (χ1n) is 4.69. The van der Waals surface area contributed by atoms with Gasteiger partial charge in [-0.2, -0.15) is 0 Å². The summed E-state index contributed by atoms with van der Waals surface area (Å²) >= 11 is 5.92. The van der Waals surface area contributed by atoms with Gasteiger partial charge in [-0.3, -0.25) is 9.42 Å². The Labute approximate surface area is 117 Å². The molecule has 0 fully saturated rings. The molecular formula is C8H15Br2O6P. The number of aliphatic hydroxyl groups is 1. The van der Waals surface area contributed by atoms with Crippen LogP contribution in [0.3, 0.4) is 0 Å². The molecule has 0 bridgehead atoms. The maximum absolute atomic E-state index is 11.3. The summed E-state index contributed by atoms with van der Waals surface area (Å²) in [5, 5.41) is 8.96. The standard InChI is InChI=1S/C8H15Br2O6P/c1-6(11)3-14-7(2)4-15-17(12,13)16-5-8(9)10/h5-7,11H,3-4H2,1-2H3,(H,12,13). The fourth-order valence-corrected chi connectivity index (χ4v) is 1.86. The van der Waals surface area contributed by atoms with Gasteiger partial charge in [0.1, 0.15) is 6.26 Å². The second-order valence-electron chi connectivity index (χ2n) is 3.27. The average molecular weight is 398 g/mol. The predicted molar refractivity (Wildman–Crippen MR) is 69.9 cm³/mol. The zero-order valence-corrected chi connectivity index (χ0v) is 13.4. The third kappa shape index (κ3) is 11.4. The van der Waals surface area contributed by atoms with E-state index in [1.54, 1.807) is 13.8 Å². The first-order chi connectivity index (χ1) is 7.73. The summed E-state index contributed by atoms with van der Waals surface area (Å²) in [6.07, 6.45) is -0.0192. The van der Waals surface area contributed by atoms with Crippen molar-refractivity contribution in [3.05, 3.63) is 9.65 Å². The van der Waals surface area contributed by atoms with Gasteiger partial charge in [-0.15, -0.1) is 0 Å². The molecule has 0 saturated heterocycles. The minimum Gasteiger partial charge on any atom is -0.410 e. The van der Waals surface area contributed by atoms with Crippen LogP contribution >= 0.6 is 39.7 Å². The van der Waals surface area contributed by atoms with Crippen LogP contribution < -0.4 is 0 Å². The van der Waals surface area contributed by atoms with Crippen molar-refractivity contribution in [2.45, 2.75) is 26.1 Å². The minimum absolute atomic E-state index is 0.117. The van der Waals surface area contributed by atoms with E-state index in [0.717, 1.165) is 6.26 Å². The van der Waals surface area contributed by atoms with Gasteiger partial charge in [0.2, 0.25) is 0 Å². The number of phosphoric acid groups is 1. The van der Waals surface area contributed by atoms with E-state index in [-0.39, 0.29) is 13.2 Å². The number of rotatable bonds is 8. The molecule has 0 aliphatic carbocycles. The van der Waals surface area contributed by atoms with Crippen LogP contribution in [0.4, 0.5) is 0 Å². The van der Waals surface area contributed by atoms with Crippen LogP contribution in [0, 0.1) is 0 Å². The molecule has 6 nitrogen and oxygen atoms in total. The smallest absolute Gasteiger partial charge is 0.410 e. The highest BCUT2D eigenvalue weighted by molar-refractivity contribution is 9.28. The Bertz CT molecular complexity index is 292. The first kappa shape index (κ1) is 17.6. The molecular weight excluding hydrogens is 383 g/mol. The molecule has 0 heterocycles. The summed E-state index contributed by atoms with van der Waals surface area (Å²) in [5.41, 5.74) is 0. The average Bonchev–Trinajstić information content (AvgIpc) is 2.21. The van der Waals surface area contributed by atoms with E-state index in [1.807, 2.05) is 0 Å². The fourth-order valence-electron chi connectivity index (χ4n) is 0.688. The summed E-state index contributed by atoms with van der Waals surface area (Å²) in [4.78, 5) is 9.21. The van der Waals surface area contributed by atoms with Crippen molar-refractivity contribution in [1.29, 1.82) is 0 Å². The van der Waals surface area contributed by atoms with Crippen LogP contribution in [-0.4, -0.2) is 35.4 Å². The molecule has 17 heavy (non-hydrogen) atoms. The van der Waals surface area contributed by atoms with Gasteiger partial charge in [-0.25, -0.2) is 4.57 Å². The Hall–Kier alpha value is 0.570. The Kier molecular flexibility index (Phi) is 8.92. The first-order valence-corrected chi connectivity index (χ1v) is 7.77. The van der Waals surface area contributed by atoms with Crippen LogP contribution in [0.1, 0.15) is 13.8 Å². The second kappa shape index (κ2) is 8.63. The zero-order valence-electron chi connectivity index (χ0n) is 9.38. The lowest BCUT2D eigenvalue weighted by molar-refractivity contribution is -0.0177. The van der Waals surface area contributed by atoms with Gasteiger partial charge >= 0.3 is 7.82 Å². The molecule has 0 aromatic heterocycles. The highest BCUT2D eigenvalue weighted by atomic mass is 79.9. The van der Waals surface area contributed by atoms with Crippen LogP contribution in [0.2, 0.25) is 0 Å². The molecule has 102 valence electrons. The van der Waals surface area contributed by atoms with Crippen molar-refractivity contribution in [2.75, 3.05) is 13.2 Å². The van der Waals surface area contributed by atoms with Gasteiger partial charge in [0.25, 0.3) is 0 Å². The quantitative estimate of drug-likeness (QED) is 0.483. The summed E-state index contributed by atoms with van der Waals surface area (Å²) in [6, 6.07) is 0. The van der Waals surface area contributed by atoms with Crippen LogP contribution in [0.15, 0.2) is 9.65 Å². The number of aliphatic hydroxyl groups excluding tert-OH is 1. The summed E-state index contributed by atoms with van der Waals surface area (Å²) in [6.45, 7) is 3.24. The Morgan fingerprint density at radius 2 is 2.00 bits per heavy atom. The van der Waals surface area contributed by atoms with E-state index in [9.17, 15) is 9.46 Å². The molecule has 0 saturated carbocycles. The maximum atomic E-state index is 11.3. The SMILES string of the molecule is CC(O)COC(C)COP(=O)(O)OC=C(Br)Br. The molecule has 0 amide bonds. The van der Waals surface area contributed by atoms with Crippen molar-refractivity contribution in [3.63, 3.8) is 0 Å². The van der Waals surface area contributed by atoms with Crippen molar-refractivity contribution in [3.8, 4) is 0 Å². The molecule has 0 spiro atoms. The van der Waals surface area contributed by atoms with Crippen molar-refractivity contribution in [2.24, 2.45) is 0 Å². The lowest BCUT2D eigenvalue weighted by Crippen LogP contribution is -2.21. The third-order valence-corrected chi connectivity index (χ3v) is 2.59. The Morgan fingerprint density at radius 3 is 2.47 bits per heavy atom. The van der Waals surface area contributed by atoms with E-state index in [2.05, 4.69) is 40.9 Å². The molecule has 0 aromatic carbocycles. The Balaban J connectivity index is 3.92. The van der Waals surface area contributed by atoms with E-state index < -0.39 is 20.0 Å². The summed E-state index contributed by atoms with van der Waals surface area (Å²) < 4.78 is 25.9. The number of hydrogen-bond acceptors (Lipinski definition) is 5. The predicted octanol–water partition coefficient (Wildman–Crippen LogP) is 2.49. The lowest BCUT2D eigenvalue weighted by Gasteiger charge is -2.16. The monoisotopic (exact) mass is 396 g/mol. The number of hydrogen-bond donors (Lipinski definition) is 2. The van der Waals surface area contributed by atoms with E-state index in [4.69, 9.17) is 9.84 Å². The van der Waals surface area contributed by atoms with Crippen LogP contribution in [0.25, 0.3) is 0 Å². The molecule has 0 aliphatic rings. The number of halogens is 2. The number of ether oxygens (including phenoxy) is 1. The molecule has 9 heteroatoms. The van der Waals surface area contributed by atoms with Gasteiger partial charge in [0, 0.05) is 0 Å². The van der Waals surface area contributed by atoms with Crippen molar-refractivity contribution < 1.29 is 28.3 Å². The van der Waals surface area contributed by atoms with Crippen LogP contribution in [-0.2, 0) is 18.3 Å². The van der Waals surface area contributed by atoms with E-state index in [0.29, 0.717) is 3.39 Å². The summed E-state index contributed by atoms with van der Waals surface area (Å²) in [7, 11) is -4.13. The summed E-state index contributed by atoms with van der Waals surface area (Å²) in [5.74, 6) is 0. The largest absolute Gasteiger partial charge is 0.526 e.